The third kappa shape index (κ3) is 4.10. The summed E-state index contributed by atoms with van der Waals surface area (Å²) in [6, 6.07) is 17.1. The first-order valence-electron chi connectivity index (χ1n) is 9.72. The van der Waals surface area contributed by atoms with E-state index in [-0.39, 0.29) is 10.8 Å². The minimum atomic E-state index is -0.138. The summed E-state index contributed by atoms with van der Waals surface area (Å²) >= 11 is 1.47. The highest BCUT2D eigenvalue weighted by atomic mass is 32.2. The number of rotatable bonds is 7. The maximum Gasteiger partial charge on any atom is 0.262 e. The molecule has 0 aliphatic rings. The molecule has 0 fully saturated rings. The van der Waals surface area contributed by atoms with E-state index in [0.29, 0.717) is 34.4 Å². The molecule has 1 atom stereocenters. The Hall–Kier alpha value is -2.93. The van der Waals surface area contributed by atoms with Gasteiger partial charge < -0.3 is 4.42 Å². The lowest BCUT2D eigenvalue weighted by molar-refractivity contribution is 0.507. The number of aromatic nitrogens is 4. The van der Waals surface area contributed by atoms with Gasteiger partial charge in [-0.1, -0.05) is 55.4 Å². The molecule has 2 heterocycles. The quantitative estimate of drug-likeness (QED) is 0.314. The van der Waals surface area contributed by atoms with E-state index in [9.17, 15) is 4.79 Å². The number of nitrogens with zero attached hydrogens (tertiary/aromatic N) is 4. The number of fused-ring (bicyclic) bond motifs is 1. The second-order valence-electron chi connectivity index (χ2n) is 6.79. The molecule has 0 saturated carbocycles. The number of hydrogen-bond acceptors (Lipinski definition) is 6. The molecule has 0 saturated heterocycles. The highest BCUT2D eigenvalue weighted by Gasteiger charge is 2.20. The van der Waals surface area contributed by atoms with Gasteiger partial charge in [-0.2, -0.15) is 0 Å². The number of para-hydroxylation sites is 1. The standard InChI is InChI=1S/C22H22N4O2S/c1-3-4-14-26-21(27)17-12-8-9-13-18(17)23-22(26)29-15(2)19-24-25-20(28-19)16-10-6-5-7-11-16/h5-13,15H,3-4,14H2,1-2H3/t15-/m0/s1. The van der Waals surface area contributed by atoms with Gasteiger partial charge in [0.05, 0.1) is 16.2 Å². The Balaban J connectivity index is 1.66. The van der Waals surface area contributed by atoms with Crippen molar-refractivity contribution in [1.29, 1.82) is 0 Å². The summed E-state index contributed by atoms with van der Waals surface area (Å²) < 4.78 is 7.65. The molecular weight excluding hydrogens is 384 g/mol. The van der Waals surface area contributed by atoms with Crippen LogP contribution in [0.3, 0.4) is 0 Å². The van der Waals surface area contributed by atoms with Crippen LogP contribution in [-0.2, 0) is 6.54 Å². The Morgan fingerprint density at radius 1 is 1.07 bits per heavy atom. The molecule has 0 radical (unpaired) electrons. The normalized spacial score (nSPS) is 12.3. The predicted octanol–water partition coefficient (Wildman–Crippen LogP) is 5.10. The second kappa shape index (κ2) is 8.61. The monoisotopic (exact) mass is 406 g/mol. The summed E-state index contributed by atoms with van der Waals surface area (Å²) in [5.74, 6) is 1.00. The van der Waals surface area contributed by atoms with Gasteiger partial charge in [0, 0.05) is 12.1 Å². The molecule has 6 nitrogen and oxygen atoms in total. The number of unbranched alkanes of at least 4 members (excludes halogenated alkanes) is 1. The Morgan fingerprint density at radius 3 is 2.62 bits per heavy atom. The SMILES string of the molecule is CCCCn1c(S[C@@H](C)c2nnc(-c3ccccc3)o2)nc2ccccc2c1=O. The van der Waals surface area contributed by atoms with E-state index in [2.05, 4.69) is 17.1 Å². The smallest absolute Gasteiger partial charge is 0.262 e. The second-order valence-corrected chi connectivity index (χ2v) is 8.10. The van der Waals surface area contributed by atoms with E-state index < -0.39 is 0 Å². The zero-order chi connectivity index (χ0) is 20.2. The Morgan fingerprint density at radius 2 is 1.83 bits per heavy atom. The average Bonchev–Trinajstić information content (AvgIpc) is 3.25. The van der Waals surface area contributed by atoms with Gasteiger partial charge in [0.2, 0.25) is 11.8 Å². The zero-order valence-corrected chi connectivity index (χ0v) is 17.2. The zero-order valence-electron chi connectivity index (χ0n) is 16.4. The van der Waals surface area contributed by atoms with Crippen LogP contribution in [0.15, 0.2) is 69.0 Å². The molecule has 0 bridgehead atoms. The van der Waals surface area contributed by atoms with Crippen LogP contribution in [0, 0.1) is 0 Å². The summed E-state index contributed by atoms with van der Waals surface area (Å²) in [5.41, 5.74) is 1.58. The van der Waals surface area contributed by atoms with Crippen LogP contribution < -0.4 is 5.56 Å². The third-order valence-electron chi connectivity index (χ3n) is 4.65. The van der Waals surface area contributed by atoms with E-state index in [0.717, 1.165) is 18.4 Å². The molecule has 0 spiro atoms. The summed E-state index contributed by atoms with van der Waals surface area (Å²) in [5, 5.41) is 9.56. The summed E-state index contributed by atoms with van der Waals surface area (Å²) in [6.07, 6.45) is 1.92. The van der Waals surface area contributed by atoms with Crippen LogP contribution in [0.25, 0.3) is 22.4 Å². The first-order valence-corrected chi connectivity index (χ1v) is 10.6. The minimum absolute atomic E-state index is 0.00532. The molecule has 4 aromatic rings. The molecule has 4 rings (SSSR count). The van der Waals surface area contributed by atoms with Crippen molar-refractivity contribution in [2.45, 2.75) is 43.6 Å². The van der Waals surface area contributed by atoms with Crippen molar-refractivity contribution in [2.75, 3.05) is 0 Å². The van der Waals surface area contributed by atoms with Gasteiger partial charge in [-0.25, -0.2) is 4.98 Å². The van der Waals surface area contributed by atoms with Gasteiger partial charge in [-0.3, -0.25) is 9.36 Å². The third-order valence-corrected chi connectivity index (χ3v) is 5.73. The molecule has 29 heavy (non-hydrogen) atoms. The van der Waals surface area contributed by atoms with Crippen molar-refractivity contribution in [3.8, 4) is 11.5 Å². The van der Waals surface area contributed by atoms with E-state index in [1.807, 2.05) is 61.5 Å². The summed E-state index contributed by atoms with van der Waals surface area (Å²) in [6.45, 7) is 4.73. The van der Waals surface area contributed by atoms with Gasteiger partial charge in [0.15, 0.2) is 5.16 Å². The summed E-state index contributed by atoms with van der Waals surface area (Å²) in [7, 11) is 0. The van der Waals surface area contributed by atoms with Crippen LogP contribution in [0.5, 0.6) is 0 Å². The molecular formula is C22H22N4O2S. The van der Waals surface area contributed by atoms with Crippen LogP contribution in [-0.4, -0.2) is 19.7 Å². The van der Waals surface area contributed by atoms with E-state index in [1.165, 1.54) is 11.8 Å². The van der Waals surface area contributed by atoms with Crippen molar-refractivity contribution < 1.29 is 4.42 Å². The van der Waals surface area contributed by atoms with Crippen LogP contribution in [0.1, 0.15) is 37.8 Å². The maximum absolute atomic E-state index is 13.0. The largest absolute Gasteiger partial charge is 0.419 e. The van der Waals surface area contributed by atoms with Crippen molar-refractivity contribution in [3.63, 3.8) is 0 Å². The lowest BCUT2D eigenvalue weighted by Gasteiger charge is -2.14. The van der Waals surface area contributed by atoms with Crippen LogP contribution in [0.2, 0.25) is 0 Å². The average molecular weight is 407 g/mol. The maximum atomic E-state index is 13.0. The highest BCUT2D eigenvalue weighted by Crippen LogP contribution is 2.34. The van der Waals surface area contributed by atoms with Crippen LogP contribution in [0.4, 0.5) is 0 Å². The van der Waals surface area contributed by atoms with Crippen molar-refractivity contribution in [3.05, 3.63) is 70.8 Å². The Kier molecular flexibility index (Phi) is 5.76. The van der Waals surface area contributed by atoms with Crippen molar-refractivity contribution >= 4 is 22.7 Å². The minimum Gasteiger partial charge on any atom is -0.419 e. The Labute approximate surface area is 173 Å². The Bertz CT molecular complexity index is 1170. The van der Waals surface area contributed by atoms with Gasteiger partial charge >= 0.3 is 0 Å². The number of thioether (sulfide) groups is 1. The molecule has 0 N–H and O–H groups in total. The van der Waals surface area contributed by atoms with Gasteiger partial charge in [0.25, 0.3) is 5.56 Å². The topological polar surface area (TPSA) is 73.8 Å². The van der Waals surface area contributed by atoms with E-state index in [4.69, 9.17) is 9.40 Å². The lowest BCUT2D eigenvalue weighted by atomic mass is 10.2. The highest BCUT2D eigenvalue weighted by molar-refractivity contribution is 7.99. The van der Waals surface area contributed by atoms with Crippen molar-refractivity contribution in [1.82, 2.24) is 19.7 Å². The molecule has 0 unspecified atom stereocenters. The molecule has 7 heteroatoms. The molecule has 2 aromatic heterocycles. The van der Waals surface area contributed by atoms with Crippen molar-refractivity contribution in [2.24, 2.45) is 0 Å². The van der Waals surface area contributed by atoms with Crippen LogP contribution >= 0.6 is 11.8 Å². The number of hydrogen-bond donors (Lipinski definition) is 0. The van der Waals surface area contributed by atoms with Gasteiger partial charge in [-0.15, -0.1) is 10.2 Å². The first-order chi connectivity index (χ1) is 14.2. The fraction of sp³-hybridized carbons (Fsp3) is 0.273. The lowest BCUT2D eigenvalue weighted by Crippen LogP contribution is -2.23. The van der Waals surface area contributed by atoms with Gasteiger partial charge in [-0.05, 0) is 37.6 Å². The first kappa shape index (κ1) is 19.4. The molecule has 0 amide bonds. The predicted molar refractivity (Wildman–Crippen MR) is 115 cm³/mol. The van der Waals surface area contributed by atoms with Gasteiger partial charge in [0.1, 0.15) is 0 Å². The fourth-order valence-electron chi connectivity index (χ4n) is 3.06. The molecule has 0 aliphatic carbocycles. The molecule has 2 aromatic carbocycles. The summed E-state index contributed by atoms with van der Waals surface area (Å²) in [4.78, 5) is 17.8. The number of benzene rings is 2. The molecule has 0 aliphatic heterocycles. The van der Waals surface area contributed by atoms with E-state index >= 15 is 0 Å². The van der Waals surface area contributed by atoms with E-state index in [1.54, 1.807) is 4.57 Å². The molecule has 148 valence electrons. The fourth-order valence-corrected chi connectivity index (χ4v) is 4.02.